The highest BCUT2D eigenvalue weighted by atomic mass is 32.2. The van der Waals surface area contributed by atoms with E-state index >= 15 is 0 Å². The van der Waals surface area contributed by atoms with Gasteiger partial charge in [-0.25, -0.2) is 0 Å². The first-order valence-corrected chi connectivity index (χ1v) is 11.9. The van der Waals surface area contributed by atoms with Gasteiger partial charge in [0.25, 0.3) is 0 Å². The topological polar surface area (TPSA) is 26.3 Å². The number of esters is 1. The van der Waals surface area contributed by atoms with Crippen LogP contribution in [0.3, 0.4) is 0 Å². The molecule has 0 radical (unpaired) electrons. The SMILES string of the molecule is CCCCCCCCCCSC(C)CC(=O)O[C@@H]1[C@H](C)CCC[C@@H]1C. The van der Waals surface area contributed by atoms with Gasteiger partial charge >= 0.3 is 5.97 Å². The molecule has 3 heteroatoms. The summed E-state index contributed by atoms with van der Waals surface area (Å²) in [7, 11) is 0. The largest absolute Gasteiger partial charge is 0.462 e. The molecule has 2 nitrogen and oxygen atoms in total. The highest BCUT2D eigenvalue weighted by molar-refractivity contribution is 7.99. The van der Waals surface area contributed by atoms with E-state index in [4.69, 9.17) is 4.74 Å². The summed E-state index contributed by atoms with van der Waals surface area (Å²) in [6.07, 6.45) is 15.3. The van der Waals surface area contributed by atoms with Gasteiger partial charge in [0.2, 0.25) is 0 Å². The van der Waals surface area contributed by atoms with Gasteiger partial charge in [0.05, 0.1) is 6.42 Å². The number of ether oxygens (including phenoxy) is 1. The highest BCUT2D eigenvalue weighted by Crippen LogP contribution is 2.31. The van der Waals surface area contributed by atoms with Gasteiger partial charge in [-0.05, 0) is 36.9 Å². The maximum Gasteiger partial charge on any atom is 0.307 e. The maximum absolute atomic E-state index is 12.2. The van der Waals surface area contributed by atoms with E-state index in [-0.39, 0.29) is 12.1 Å². The normalized spacial score (nSPS) is 24.9. The first-order chi connectivity index (χ1) is 12.0. The molecule has 0 aromatic carbocycles. The molecule has 1 rings (SSSR count). The Bertz CT molecular complexity index is 335. The second-order valence-electron chi connectivity index (χ2n) is 8.20. The van der Waals surface area contributed by atoms with E-state index in [0.29, 0.717) is 23.5 Å². The summed E-state index contributed by atoms with van der Waals surface area (Å²) in [6, 6.07) is 0. The fourth-order valence-electron chi connectivity index (χ4n) is 3.90. The average molecular weight is 371 g/mol. The first kappa shape index (κ1) is 22.9. The van der Waals surface area contributed by atoms with Crippen molar-refractivity contribution in [2.24, 2.45) is 11.8 Å². The number of rotatable bonds is 13. The van der Waals surface area contributed by atoms with Gasteiger partial charge in [-0.1, -0.05) is 79.1 Å². The van der Waals surface area contributed by atoms with Crippen molar-refractivity contribution in [3.8, 4) is 0 Å². The van der Waals surface area contributed by atoms with E-state index in [1.807, 2.05) is 11.8 Å². The Morgan fingerprint density at radius 3 is 2.16 bits per heavy atom. The molecule has 4 atom stereocenters. The van der Waals surface area contributed by atoms with Crippen molar-refractivity contribution < 1.29 is 9.53 Å². The predicted octanol–water partition coefficient (Wildman–Crippen LogP) is 7.01. The van der Waals surface area contributed by atoms with E-state index in [1.54, 1.807) is 0 Å². The fraction of sp³-hybridized carbons (Fsp3) is 0.955. The van der Waals surface area contributed by atoms with Crippen LogP contribution in [-0.2, 0) is 9.53 Å². The molecule has 1 aliphatic rings. The van der Waals surface area contributed by atoms with Gasteiger partial charge < -0.3 is 4.74 Å². The monoisotopic (exact) mass is 370 g/mol. The van der Waals surface area contributed by atoms with Gasteiger partial charge in [-0.15, -0.1) is 0 Å². The van der Waals surface area contributed by atoms with Gasteiger partial charge in [0, 0.05) is 5.25 Å². The van der Waals surface area contributed by atoms with Gasteiger partial charge in [-0.2, -0.15) is 11.8 Å². The Kier molecular flexibility index (Phi) is 12.8. The first-order valence-electron chi connectivity index (χ1n) is 10.9. The molecule has 0 aliphatic heterocycles. The van der Waals surface area contributed by atoms with Crippen molar-refractivity contribution >= 4 is 17.7 Å². The Hall–Kier alpha value is -0.180. The molecular weight excluding hydrogens is 328 g/mol. The Labute approximate surface area is 161 Å². The van der Waals surface area contributed by atoms with Crippen LogP contribution in [-0.4, -0.2) is 23.1 Å². The van der Waals surface area contributed by atoms with Crippen LogP contribution < -0.4 is 0 Å². The summed E-state index contributed by atoms with van der Waals surface area (Å²) in [5.74, 6) is 2.24. The van der Waals surface area contributed by atoms with Crippen molar-refractivity contribution in [1.29, 1.82) is 0 Å². The second-order valence-corrected chi connectivity index (χ2v) is 9.75. The summed E-state index contributed by atoms with van der Waals surface area (Å²) in [5, 5.41) is 0.381. The van der Waals surface area contributed by atoms with Crippen molar-refractivity contribution in [2.75, 3.05) is 5.75 Å². The number of carbonyl (C=O) groups is 1. The minimum absolute atomic E-state index is 0.0153. The number of hydrogen-bond acceptors (Lipinski definition) is 3. The van der Waals surface area contributed by atoms with E-state index in [2.05, 4.69) is 27.7 Å². The minimum Gasteiger partial charge on any atom is -0.462 e. The van der Waals surface area contributed by atoms with Crippen LogP contribution in [0.15, 0.2) is 0 Å². The number of hydrogen-bond donors (Lipinski definition) is 0. The molecule has 148 valence electrons. The maximum atomic E-state index is 12.2. The third kappa shape index (κ3) is 10.5. The quantitative estimate of drug-likeness (QED) is 0.258. The van der Waals surface area contributed by atoms with Crippen LogP contribution in [0.1, 0.15) is 105 Å². The molecular formula is C22H42O2S. The zero-order chi connectivity index (χ0) is 18.5. The van der Waals surface area contributed by atoms with Crippen LogP contribution >= 0.6 is 11.8 Å². The molecule has 0 heterocycles. The minimum atomic E-state index is 0.0153. The molecule has 0 bridgehead atoms. The van der Waals surface area contributed by atoms with Crippen molar-refractivity contribution in [2.45, 2.75) is 116 Å². The van der Waals surface area contributed by atoms with E-state index in [9.17, 15) is 4.79 Å². The highest BCUT2D eigenvalue weighted by Gasteiger charge is 2.31. The lowest BCUT2D eigenvalue weighted by Crippen LogP contribution is -2.35. The van der Waals surface area contributed by atoms with Crippen LogP contribution in [0.5, 0.6) is 0 Å². The van der Waals surface area contributed by atoms with Crippen LogP contribution in [0.4, 0.5) is 0 Å². The van der Waals surface area contributed by atoms with Crippen LogP contribution in [0.25, 0.3) is 0 Å². The Morgan fingerprint density at radius 2 is 1.56 bits per heavy atom. The molecule has 0 amide bonds. The van der Waals surface area contributed by atoms with Crippen molar-refractivity contribution in [3.63, 3.8) is 0 Å². The average Bonchev–Trinajstić information content (AvgIpc) is 2.57. The zero-order valence-corrected chi connectivity index (χ0v) is 18.0. The molecule has 0 saturated heterocycles. The van der Waals surface area contributed by atoms with Crippen molar-refractivity contribution in [3.05, 3.63) is 0 Å². The van der Waals surface area contributed by atoms with Crippen LogP contribution in [0.2, 0.25) is 0 Å². The molecule has 1 fully saturated rings. The van der Waals surface area contributed by atoms with E-state index in [0.717, 1.165) is 0 Å². The summed E-state index contributed by atoms with van der Waals surface area (Å²) >= 11 is 1.94. The number of unbranched alkanes of at least 4 members (excludes halogenated alkanes) is 7. The Balaban J connectivity index is 2.03. The van der Waals surface area contributed by atoms with Crippen molar-refractivity contribution in [1.82, 2.24) is 0 Å². The van der Waals surface area contributed by atoms with Gasteiger partial charge in [0.1, 0.15) is 6.10 Å². The smallest absolute Gasteiger partial charge is 0.307 e. The molecule has 1 saturated carbocycles. The lowest BCUT2D eigenvalue weighted by molar-refractivity contribution is -0.156. The Morgan fingerprint density at radius 1 is 1.00 bits per heavy atom. The summed E-state index contributed by atoms with van der Waals surface area (Å²) < 4.78 is 5.83. The second kappa shape index (κ2) is 13.9. The fourth-order valence-corrected chi connectivity index (χ4v) is 4.92. The molecule has 0 N–H and O–H groups in total. The molecule has 1 aliphatic carbocycles. The van der Waals surface area contributed by atoms with Crippen LogP contribution in [0, 0.1) is 11.8 Å². The molecule has 0 aromatic heterocycles. The third-order valence-corrected chi connectivity index (χ3v) is 6.82. The number of carbonyl (C=O) groups excluding carboxylic acids is 1. The lowest BCUT2D eigenvalue weighted by atomic mass is 9.80. The predicted molar refractivity (Wildman–Crippen MR) is 111 cm³/mol. The standard InChI is InChI=1S/C22H42O2S/c1-5-6-7-8-9-10-11-12-16-25-20(4)17-21(23)24-22-18(2)14-13-15-19(22)3/h18-20,22H,5-17H2,1-4H3/t18-,19+,20?,22-. The molecule has 0 aromatic rings. The zero-order valence-electron chi connectivity index (χ0n) is 17.2. The molecule has 0 spiro atoms. The summed E-state index contributed by atoms with van der Waals surface area (Å²) in [5.41, 5.74) is 0. The molecule has 25 heavy (non-hydrogen) atoms. The lowest BCUT2D eigenvalue weighted by Gasteiger charge is -2.34. The number of thioether (sulfide) groups is 1. The summed E-state index contributed by atoms with van der Waals surface area (Å²) in [4.78, 5) is 12.2. The van der Waals surface area contributed by atoms with Gasteiger partial charge in [-0.3, -0.25) is 4.79 Å². The van der Waals surface area contributed by atoms with E-state index in [1.165, 1.54) is 76.4 Å². The van der Waals surface area contributed by atoms with E-state index < -0.39 is 0 Å². The third-order valence-electron chi connectivity index (χ3n) is 5.56. The summed E-state index contributed by atoms with van der Waals surface area (Å²) in [6.45, 7) is 8.90. The van der Waals surface area contributed by atoms with Gasteiger partial charge in [0.15, 0.2) is 0 Å². The molecule has 1 unspecified atom stereocenters.